The number of halogens is 2. The third kappa shape index (κ3) is 4.90. The van der Waals surface area contributed by atoms with Crippen LogP contribution in [0.2, 0.25) is 0 Å². The van der Waals surface area contributed by atoms with Crippen LogP contribution in [-0.4, -0.2) is 5.97 Å². The van der Waals surface area contributed by atoms with Gasteiger partial charge in [0.25, 0.3) is 0 Å². The lowest BCUT2D eigenvalue weighted by Gasteiger charge is -2.32. The first-order chi connectivity index (χ1) is 12.1. The second-order valence-corrected chi connectivity index (χ2v) is 8.10. The molecule has 0 N–H and O–H groups in total. The minimum atomic E-state index is -1.04. The van der Waals surface area contributed by atoms with Gasteiger partial charge in [-0.15, -0.1) is 0 Å². The van der Waals surface area contributed by atoms with E-state index < -0.39 is 23.2 Å². The number of hydrogen-bond acceptors (Lipinski definition) is 2. The SMILES string of the molecule is CC(C)CC(c1ccc(OC(=O)c2c(F)cccc2F)cc1)C(C)(C)C. The van der Waals surface area contributed by atoms with Gasteiger partial charge in [0.05, 0.1) is 0 Å². The Balaban J connectivity index is 2.20. The smallest absolute Gasteiger partial charge is 0.349 e. The molecule has 0 aliphatic carbocycles. The van der Waals surface area contributed by atoms with Gasteiger partial charge in [-0.3, -0.25) is 0 Å². The van der Waals surface area contributed by atoms with Crippen molar-refractivity contribution in [1.29, 1.82) is 0 Å². The molecule has 0 aliphatic rings. The molecular formula is C22H26F2O2. The standard InChI is InChI=1S/C22H26F2O2/c1-14(2)13-17(22(3,4)5)15-9-11-16(12-10-15)26-21(25)20-18(23)7-6-8-19(20)24/h6-12,14,17H,13H2,1-5H3. The van der Waals surface area contributed by atoms with Gasteiger partial charge in [0.2, 0.25) is 0 Å². The molecule has 0 aliphatic heterocycles. The minimum Gasteiger partial charge on any atom is -0.423 e. The van der Waals surface area contributed by atoms with Crippen molar-refractivity contribution in [2.75, 3.05) is 0 Å². The molecule has 0 heterocycles. The number of ether oxygens (including phenoxy) is 1. The monoisotopic (exact) mass is 360 g/mol. The van der Waals surface area contributed by atoms with Crippen molar-refractivity contribution < 1.29 is 18.3 Å². The Labute approximate surface area is 154 Å². The van der Waals surface area contributed by atoms with Crippen LogP contribution in [0.4, 0.5) is 8.78 Å². The molecule has 2 nitrogen and oxygen atoms in total. The molecule has 4 heteroatoms. The molecule has 0 radical (unpaired) electrons. The number of benzene rings is 2. The van der Waals surface area contributed by atoms with Crippen molar-refractivity contribution in [2.24, 2.45) is 11.3 Å². The fourth-order valence-electron chi connectivity index (χ4n) is 3.08. The van der Waals surface area contributed by atoms with Gasteiger partial charge in [-0.25, -0.2) is 13.6 Å². The summed E-state index contributed by atoms with van der Waals surface area (Å²) >= 11 is 0. The lowest BCUT2D eigenvalue weighted by Crippen LogP contribution is -2.20. The van der Waals surface area contributed by atoms with Gasteiger partial charge in [0, 0.05) is 0 Å². The van der Waals surface area contributed by atoms with Crippen molar-refractivity contribution in [3.63, 3.8) is 0 Å². The Kier molecular flexibility index (Phi) is 6.17. The lowest BCUT2D eigenvalue weighted by atomic mass is 9.72. The number of carbonyl (C=O) groups excluding carboxylic acids is 1. The Bertz CT molecular complexity index is 738. The fourth-order valence-corrected chi connectivity index (χ4v) is 3.08. The highest BCUT2D eigenvalue weighted by molar-refractivity contribution is 5.91. The predicted molar refractivity (Wildman–Crippen MR) is 99.4 cm³/mol. The van der Waals surface area contributed by atoms with E-state index in [1.54, 1.807) is 12.1 Å². The van der Waals surface area contributed by atoms with Crippen molar-refractivity contribution in [2.45, 2.75) is 47.0 Å². The first-order valence-corrected chi connectivity index (χ1v) is 8.85. The Morgan fingerprint density at radius 3 is 2.00 bits per heavy atom. The summed E-state index contributed by atoms with van der Waals surface area (Å²) in [5.74, 6) is -1.73. The maximum atomic E-state index is 13.7. The van der Waals surface area contributed by atoms with E-state index in [2.05, 4.69) is 34.6 Å². The molecule has 2 aromatic carbocycles. The normalized spacial score (nSPS) is 12.9. The second kappa shape index (κ2) is 7.98. The molecule has 1 unspecified atom stereocenters. The largest absolute Gasteiger partial charge is 0.423 e. The van der Waals surface area contributed by atoms with E-state index in [1.165, 1.54) is 6.07 Å². The molecule has 0 aromatic heterocycles. The van der Waals surface area contributed by atoms with Crippen molar-refractivity contribution in [1.82, 2.24) is 0 Å². The third-order valence-electron chi connectivity index (χ3n) is 4.41. The lowest BCUT2D eigenvalue weighted by molar-refractivity contribution is 0.0724. The van der Waals surface area contributed by atoms with Crippen molar-refractivity contribution in [3.05, 3.63) is 65.2 Å². The Morgan fingerprint density at radius 2 is 1.54 bits per heavy atom. The van der Waals surface area contributed by atoms with Crippen molar-refractivity contribution in [3.8, 4) is 5.75 Å². The Hall–Kier alpha value is -2.23. The van der Waals surface area contributed by atoms with Gasteiger partial charge in [0.1, 0.15) is 22.9 Å². The summed E-state index contributed by atoms with van der Waals surface area (Å²) in [4.78, 5) is 12.1. The van der Waals surface area contributed by atoms with Gasteiger partial charge in [0.15, 0.2) is 0 Å². The number of esters is 1. The molecule has 0 amide bonds. The summed E-state index contributed by atoms with van der Waals surface area (Å²) in [6, 6.07) is 10.4. The zero-order valence-electron chi connectivity index (χ0n) is 16.0. The molecule has 0 bridgehead atoms. The van der Waals surface area contributed by atoms with Crippen LogP contribution in [-0.2, 0) is 0 Å². The first-order valence-electron chi connectivity index (χ1n) is 8.85. The summed E-state index contributed by atoms with van der Waals surface area (Å²) in [5, 5.41) is 0. The summed E-state index contributed by atoms with van der Waals surface area (Å²) in [6.45, 7) is 11.0. The summed E-state index contributed by atoms with van der Waals surface area (Å²) in [7, 11) is 0. The van der Waals surface area contributed by atoms with Gasteiger partial charge >= 0.3 is 5.97 Å². The second-order valence-electron chi connectivity index (χ2n) is 8.10. The number of carbonyl (C=O) groups is 1. The zero-order valence-corrected chi connectivity index (χ0v) is 16.0. The van der Waals surface area contributed by atoms with Crippen LogP contribution in [0.1, 0.15) is 62.9 Å². The molecule has 2 rings (SSSR count). The van der Waals surface area contributed by atoms with Crippen LogP contribution in [0.25, 0.3) is 0 Å². The van der Waals surface area contributed by atoms with Crippen LogP contribution in [0, 0.1) is 23.0 Å². The highest BCUT2D eigenvalue weighted by Crippen LogP contribution is 2.40. The molecule has 140 valence electrons. The molecule has 0 fully saturated rings. The molecule has 0 saturated carbocycles. The quantitative estimate of drug-likeness (QED) is 0.458. The van der Waals surface area contributed by atoms with E-state index in [9.17, 15) is 13.6 Å². The van der Waals surface area contributed by atoms with E-state index in [1.807, 2.05) is 12.1 Å². The van der Waals surface area contributed by atoms with E-state index in [-0.39, 0.29) is 11.2 Å². The predicted octanol–water partition coefficient (Wildman–Crippen LogP) is 6.36. The maximum Gasteiger partial charge on any atom is 0.349 e. The van der Waals surface area contributed by atoms with Crippen LogP contribution in [0.3, 0.4) is 0 Å². The van der Waals surface area contributed by atoms with Crippen LogP contribution >= 0.6 is 0 Å². The topological polar surface area (TPSA) is 26.3 Å². The molecular weight excluding hydrogens is 334 g/mol. The first kappa shape index (κ1) is 20.1. The third-order valence-corrected chi connectivity index (χ3v) is 4.41. The number of hydrogen-bond donors (Lipinski definition) is 0. The molecule has 0 spiro atoms. The van der Waals surface area contributed by atoms with E-state index in [0.29, 0.717) is 11.8 Å². The average Bonchev–Trinajstić information content (AvgIpc) is 2.52. The fraction of sp³-hybridized carbons (Fsp3) is 0.409. The van der Waals surface area contributed by atoms with Crippen LogP contribution in [0.15, 0.2) is 42.5 Å². The highest BCUT2D eigenvalue weighted by Gasteiger charge is 2.27. The molecule has 1 atom stereocenters. The van der Waals surface area contributed by atoms with E-state index in [0.717, 1.165) is 24.1 Å². The van der Waals surface area contributed by atoms with E-state index in [4.69, 9.17) is 4.74 Å². The average molecular weight is 360 g/mol. The Morgan fingerprint density at radius 1 is 1.00 bits per heavy atom. The van der Waals surface area contributed by atoms with Gasteiger partial charge in [-0.1, -0.05) is 52.8 Å². The van der Waals surface area contributed by atoms with Gasteiger partial charge in [-0.05, 0) is 53.5 Å². The van der Waals surface area contributed by atoms with Crippen LogP contribution < -0.4 is 4.74 Å². The number of rotatable bonds is 5. The summed E-state index contributed by atoms with van der Waals surface area (Å²) < 4.78 is 32.5. The minimum absolute atomic E-state index is 0.0960. The molecule has 0 saturated heterocycles. The van der Waals surface area contributed by atoms with Gasteiger partial charge < -0.3 is 4.74 Å². The molecule has 2 aromatic rings. The zero-order chi connectivity index (χ0) is 19.5. The molecule has 26 heavy (non-hydrogen) atoms. The summed E-state index contributed by atoms with van der Waals surface area (Å²) in [5.41, 5.74) is 0.575. The van der Waals surface area contributed by atoms with Crippen molar-refractivity contribution >= 4 is 5.97 Å². The van der Waals surface area contributed by atoms with Crippen LogP contribution in [0.5, 0.6) is 5.75 Å². The van der Waals surface area contributed by atoms with E-state index >= 15 is 0 Å². The maximum absolute atomic E-state index is 13.7. The van der Waals surface area contributed by atoms with Gasteiger partial charge in [-0.2, -0.15) is 0 Å². The highest BCUT2D eigenvalue weighted by atomic mass is 19.1. The summed E-state index contributed by atoms with van der Waals surface area (Å²) in [6.07, 6.45) is 1.04.